The minimum absolute atomic E-state index is 0.00115. The van der Waals surface area contributed by atoms with Crippen LogP contribution in [0.5, 0.6) is 0 Å². The minimum Gasteiger partial charge on any atom is -0.385 e. The van der Waals surface area contributed by atoms with E-state index in [9.17, 15) is 23.2 Å². The lowest BCUT2D eigenvalue weighted by Gasteiger charge is -2.36. The molecule has 0 radical (unpaired) electrons. The maximum atomic E-state index is 14.1. The molecule has 1 atom stereocenters. The lowest BCUT2D eigenvalue weighted by Crippen LogP contribution is -2.54. The number of hydrogen-bond donors (Lipinski definition) is 2. The number of halogens is 2. The zero-order chi connectivity index (χ0) is 24.5. The van der Waals surface area contributed by atoms with Crippen molar-refractivity contribution in [2.75, 3.05) is 33.4 Å². The second-order valence-electron chi connectivity index (χ2n) is 8.18. The van der Waals surface area contributed by atoms with Crippen molar-refractivity contribution in [1.82, 2.24) is 15.5 Å². The second-order valence-corrected chi connectivity index (χ2v) is 8.18. The van der Waals surface area contributed by atoms with E-state index in [-0.39, 0.29) is 23.0 Å². The molecule has 1 heterocycles. The third kappa shape index (κ3) is 6.38. The summed E-state index contributed by atoms with van der Waals surface area (Å²) in [6.45, 7) is 1.45. The summed E-state index contributed by atoms with van der Waals surface area (Å²) in [6, 6.07) is 10.5. The summed E-state index contributed by atoms with van der Waals surface area (Å²) >= 11 is 0. The molecule has 1 saturated heterocycles. The summed E-state index contributed by atoms with van der Waals surface area (Å²) in [5.41, 5.74) is -0.145. The summed E-state index contributed by atoms with van der Waals surface area (Å²) in [7, 11) is 1.57. The zero-order valence-electron chi connectivity index (χ0n) is 19.1. The number of benzene rings is 2. The van der Waals surface area contributed by atoms with Gasteiger partial charge in [0.1, 0.15) is 17.7 Å². The first-order valence-electron chi connectivity index (χ1n) is 11.3. The van der Waals surface area contributed by atoms with Gasteiger partial charge in [-0.2, -0.15) is 0 Å². The molecule has 3 amide bonds. The van der Waals surface area contributed by atoms with Crippen LogP contribution in [0.2, 0.25) is 0 Å². The Labute approximate surface area is 197 Å². The summed E-state index contributed by atoms with van der Waals surface area (Å²) < 4.78 is 33.1. The predicted octanol–water partition coefficient (Wildman–Crippen LogP) is 2.77. The van der Waals surface area contributed by atoms with Gasteiger partial charge in [0, 0.05) is 33.4 Å². The first-order chi connectivity index (χ1) is 16.4. The van der Waals surface area contributed by atoms with Crippen molar-refractivity contribution in [3.05, 3.63) is 71.3 Å². The van der Waals surface area contributed by atoms with Gasteiger partial charge in [-0.25, -0.2) is 8.78 Å². The fourth-order valence-corrected chi connectivity index (χ4v) is 4.04. The average molecular weight is 474 g/mol. The van der Waals surface area contributed by atoms with Gasteiger partial charge in [-0.15, -0.1) is 0 Å². The Morgan fingerprint density at radius 3 is 2.18 bits per heavy atom. The first kappa shape index (κ1) is 25.3. The molecule has 9 heteroatoms. The molecular weight excluding hydrogens is 444 g/mol. The maximum Gasteiger partial charge on any atom is 0.256 e. The Balaban J connectivity index is 1.68. The van der Waals surface area contributed by atoms with Crippen molar-refractivity contribution in [1.29, 1.82) is 0 Å². The molecule has 7 nitrogen and oxygen atoms in total. The first-order valence-corrected chi connectivity index (χ1v) is 11.3. The summed E-state index contributed by atoms with van der Waals surface area (Å²) in [6.07, 6.45) is 1.45. The van der Waals surface area contributed by atoms with Gasteiger partial charge in [0.2, 0.25) is 5.91 Å². The molecule has 0 saturated carbocycles. The molecule has 2 aromatic carbocycles. The van der Waals surface area contributed by atoms with E-state index in [1.165, 1.54) is 36.4 Å². The number of carbonyl (C=O) groups excluding carboxylic acids is 3. The fraction of sp³-hybridized carbons (Fsp3) is 0.400. The van der Waals surface area contributed by atoms with Gasteiger partial charge in [-0.05, 0) is 49.4 Å². The fourth-order valence-electron chi connectivity index (χ4n) is 4.04. The van der Waals surface area contributed by atoms with E-state index in [4.69, 9.17) is 4.74 Å². The van der Waals surface area contributed by atoms with Gasteiger partial charge in [0.05, 0.1) is 11.1 Å². The van der Waals surface area contributed by atoms with E-state index < -0.39 is 29.5 Å². The number of nitrogens with one attached hydrogen (secondary N) is 2. The van der Waals surface area contributed by atoms with Crippen molar-refractivity contribution >= 4 is 17.7 Å². The third-order valence-electron chi connectivity index (χ3n) is 5.91. The monoisotopic (exact) mass is 473 g/mol. The van der Waals surface area contributed by atoms with Crippen molar-refractivity contribution in [3.8, 4) is 0 Å². The van der Waals surface area contributed by atoms with E-state index in [1.807, 2.05) is 0 Å². The average Bonchev–Trinajstić information content (AvgIpc) is 2.85. The number of ether oxygens (including phenoxy) is 1. The number of methoxy groups -OCH3 is 1. The maximum absolute atomic E-state index is 14.1. The SMILES string of the molecule is COCCCNC(=O)[C@@H](NC(=O)c1ccccc1F)C1CCN(C(=O)c2ccccc2F)CC1. The van der Waals surface area contributed by atoms with E-state index in [0.29, 0.717) is 45.5 Å². The molecule has 34 heavy (non-hydrogen) atoms. The number of amides is 3. The van der Waals surface area contributed by atoms with Crippen LogP contribution in [0.3, 0.4) is 0 Å². The summed E-state index contributed by atoms with van der Waals surface area (Å²) in [5.74, 6) is -3.00. The highest BCUT2D eigenvalue weighted by Gasteiger charge is 2.34. The quantitative estimate of drug-likeness (QED) is 0.549. The topological polar surface area (TPSA) is 87.7 Å². The van der Waals surface area contributed by atoms with E-state index in [1.54, 1.807) is 24.1 Å². The van der Waals surface area contributed by atoms with Crippen molar-refractivity contribution in [2.45, 2.75) is 25.3 Å². The molecular formula is C25H29F2N3O4. The van der Waals surface area contributed by atoms with Gasteiger partial charge in [-0.3, -0.25) is 14.4 Å². The van der Waals surface area contributed by atoms with Gasteiger partial charge >= 0.3 is 0 Å². The molecule has 0 aromatic heterocycles. The van der Waals surface area contributed by atoms with Crippen LogP contribution in [0, 0.1) is 17.6 Å². The van der Waals surface area contributed by atoms with E-state index in [2.05, 4.69) is 10.6 Å². The molecule has 0 spiro atoms. The molecule has 2 N–H and O–H groups in total. The van der Waals surface area contributed by atoms with Crippen molar-refractivity contribution in [3.63, 3.8) is 0 Å². The Hall–Kier alpha value is -3.33. The molecule has 0 aliphatic carbocycles. The van der Waals surface area contributed by atoms with Crippen LogP contribution in [-0.2, 0) is 9.53 Å². The molecule has 2 aromatic rings. The molecule has 0 bridgehead atoms. The molecule has 3 rings (SSSR count). The highest BCUT2D eigenvalue weighted by molar-refractivity contribution is 5.98. The molecule has 1 fully saturated rings. The minimum atomic E-state index is -0.902. The lowest BCUT2D eigenvalue weighted by molar-refractivity contribution is -0.124. The number of piperidine rings is 1. The summed E-state index contributed by atoms with van der Waals surface area (Å²) in [5, 5.41) is 5.48. The highest BCUT2D eigenvalue weighted by Crippen LogP contribution is 2.24. The van der Waals surface area contributed by atoms with Gasteiger partial charge in [-0.1, -0.05) is 24.3 Å². The largest absolute Gasteiger partial charge is 0.385 e. The van der Waals surface area contributed by atoms with Gasteiger partial charge in [0.25, 0.3) is 11.8 Å². The van der Waals surface area contributed by atoms with Crippen molar-refractivity contribution in [2.24, 2.45) is 5.92 Å². The number of nitrogens with zero attached hydrogens (tertiary/aromatic N) is 1. The Morgan fingerprint density at radius 2 is 1.59 bits per heavy atom. The zero-order valence-corrected chi connectivity index (χ0v) is 19.1. The van der Waals surface area contributed by atoms with Crippen LogP contribution in [0.15, 0.2) is 48.5 Å². The van der Waals surface area contributed by atoms with Crippen LogP contribution >= 0.6 is 0 Å². The second kappa shape index (κ2) is 12.2. The van der Waals surface area contributed by atoms with E-state index >= 15 is 0 Å². The van der Waals surface area contributed by atoms with Crippen LogP contribution in [0.1, 0.15) is 40.0 Å². The Morgan fingerprint density at radius 1 is 1.00 bits per heavy atom. The van der Waals surface area contributed by atoms with Crippen LogP contribution in [0.4, 0.5) is 8.78 Å². The summed E-state index contributed by atoms with van der Waals surface area (Å²) in [4.78, 5) is 39.9. The number of rotatable bonds is 9. The number of likely N-dealkylation sites (tertiary alicyclic amines) is 1. The molecule has 0 unspecified atom stereocenters. The molecule has 1 aliphatic heterocycles. The molecule has 182 valence electrons. The standard InChI is InChI=1S/C25H29F2N3O4/c1-34-16-6-13-28-24(32)22(29-23(31)18-7-2-4-9-20(18)26)17-11-14-30(15-12-17)25(33)19-8-3-5-10-21(19)27/h2-5,7-10,17,22H,6,11-16H2,1H3,(H,28,32)(H,29,31)/t22-/m0/s1. The van der Waals surface area contributed by atoms with Crippen LogP contribution in [-0.4, -0.2) is 62.0 Å². The number of carbonyl (C=O) groups is 3. The van der Waals surface area contributed by atoms with Crippen molar-refractivity contribution < 1.29 is 27.9 Å². The predicted molar refractivity (Wildman–Crippen MR) is 122 cm³/mol. The molecule has 1 aliphatic rings. The Bertz CT molecular complexity index is 1010. The van der Waals surface area contributed by atoms with Gasteiger partial charge in [0.15, 0.2) is 0 Å². The van der Waals surface area contributed by atoms with Crippen LogP contribution < -0.4 is 10.6 Å². The highest BCUT2D eigenvalue weighted by atomic mass is 19.1. The van der Waals surface area contributed by atoms with E-state index in [0.717, 1.165) is 0 Å². The number of hydrogen-bond acceptors (Lipinski definition) is 4. The normalized spacial score (nSPS) is 15.0. The lowest BCUT2D eigenvalue weighted by atomic mass is 9.88. The smallest absolute Gasteiger partial charge is 0.256 e. The van der Waals surface area contributed by atoms with Gasteiger partial charge < -0.3 is 20.3 Å². The van der Waals surface area contributed by atoms with Crippen LogP contribution in [0.25, 0.3) is 0 Å². The third-order valence-corrected chi connectivity index (χ3v) is 5.91. The Kier molecular flexibility index (Phi) is 9.09.